The number of hydrogen-bond acceptors (Lipinski definition) is 2. The Balaban J connectivity index is 2.14. The third-order valence-corrected chi connectivity index (χ3v) is 4.38. The van der Waals surface area contributed by atoms with E-state index in [4.69, 9.17) is 0 Å². The van der Waals surface area contributed by atoms with Gasteiger partial charge in [0.1, 0.15) is 0 Å². The topological polar surface area (TPSA) is 15.3 Å². The third kappa shape index (κ3) is 3.73. The Kier molecular flexibility index (Phi) is 4.87. The molecule has 0 spiro atoms. The van der Waals surface area contributed by atoms with Crippen LogP contribution < -0.4 is 10.2 Å². The van der Waals surface area contributed by atoms with Crippen molar-refractivity contribution in [2.24, 2.45) is 5.92 Å². The fourth-order valence-corrected chi connectivity index (χ4v) is 2.82. The van der Waals surface area contributed by atoms with Crippen LogP contribution in [0.5, 0.6) is 0 Å². The molecule has 1 aromatic rings. The van der Waals surface area contributed by atoms with Gasteiger partial charge in [0.15, 0.2) is 0 Å². The molecular weight excluding hydrogens is 232 g/mol. The number of hydrogen-bond donors (Lipinski definition) is 1. The van der Waals surface area contributed by atoms with Gasteiger partial charge in [0.25, 0.3) is 0 Å². The summed E-state index contributed by atoms with van der Waals surface area (Å²) in [6, 6.07) is 7.56. The molecule has 0 saturated carbocycles. The highest BCUT2D eigenvalue weighted by Crippen LogP contribution is 2.21. The molecule has 2 unspecified atom stereocenters. The summed E-state index contributed by atoms with van der Waals surface area (Å²) in [6.07, 6.45) is 2.48. The van der Waals surface area contributed by atoms with Crippen LogP contribution in [0.2, 0.25) is 0 Å². The van der Waals surface area contributed by atoms with Crippen LogP contribution in [0.25, 0.3) is 0 Å². The van der Waals surface area contributed by atoms with Gasteiger partial charge in [-0.15, -0.1) is 0 Å². The largest absolute Gasteiger partial charge is 0.371 e. The Morgan fingerprint density at radius 1 is 1.26 bits per heavy atom. The minimum absolute atomic E-state index is 0.678. The highest BCUT2D eigenvalue weighted by atomic mass is 15.1. The fourth-order valence-electron chi connectivity index (χ4n) is 2.82. The first-order valence-electron chi connectivity index (χ1n) is 7.65. The van der Waals surface area contributed by atoms with Crippen LogP contribution >= 0.6 is 0 Å². The van der Waals surface area contributed by atoms with Crippen LogP contribution in [-0.4, -0.2) is 25.7 Å². The lowest BCUT2D eigenvalue weighted by molar-refractivity contribution is 0.388. The molecule has 1 saturated heterocycles. The molecule has 2 atom stereocenters. The Morgan fingerprint density at radius 3 is 2.74 bits per heavy atom. The second-order valence-electron chi connectivity index (χ2n) is 6.12. The van der Waals surface area contributed by atoms with E-state index in [0.29, 0.717) is 12.0 Å². The Hall–Kier alpha value is -1.02. The van der Waals surface area contributed by atoms with Gasteiger partial charge in [-0.05, 0) is 62.4 Å². The first kappa shape index (κ1) is 14.4. The molecule has 106 valence electrons. The zero-order valence-corrected chi connectivity index (χ0v) is 12.9. The van der Waals surface area contributed by atoms with Crippen molar-refractivity contribution in [3.8, 4) is 0 Å². The summed E-state index contributed by atoms with van der Waals surface area (Å²) in [6.45, 7) is 12.5. The van der Waals surface area contributed by atoms with Crippen molar-refractivity contribution in [1.82, 2.24) is 5.32 Å². The molecule has 1 aromatic carbocycles. The van der Waals surface area contributed by atoms with E-state index < -0.39 is 0 Å². The molecule has 1 fully saturated rings. The summed E-state index contributed by atoms with van der Waals surface area (Å²) >= 11 is 0. The third-order valence-electron chi connectivity index (χ3n) is 4.38. The average molecular weight is 260 g/mol. The molecule has 1 aliphatic rings. The van der Waals surface area contributed by atoms with Crippen LogP contribution in [0.4, 0.5) is 5.69 Å². The number of benzene rings is 1. The van der Waals surface area contributed by atoms with E-state index in [1.807, 2.05) is 0 Å². The van der Waals surface area contributed by atoms with Crippen LogP contribution in [0.1, 0.15) is 37.8 Å². The van der Waals surface area contributed by atoms with E-state index in [1.165, 1.54) is 36.2 Å². The fraction of sp³-hybridized carbons (Fsp3) is 0.647. The van der Waals surface area contributed by atoms with Gasteiger partial charge in [0, 0.05) is 24.8 Å². The second-order valence-corrected chi connectivity index (χ2v) is 6.12. The van der Waals surface area contributed by atoms with Gasteiger partial charge >= 0.3 is 0 Å². The molecule has 2 heteroatoms. The molecular formula is C17H28N2. The molecule has 1 aliphatic heterocycles. The normalized spacial score (nSPS) is 24.9. The molecule has 0 bridgehead atoms. The van der Waals surface area contributed by atoms with Crippen molar-refractivity contribution in [3.63, 3.8) is 0 Å². The second kappa shape index (κ2) is 6.42. The highest BCUT2D eigenvalue weighted by molar-refractivity contribution is 5.50. The van der Waals surface area contributed by atoms with Gasteiger partial charge in [-0.2, -0.15) is 0 Å². The molecule has 1 N–H and O–H groups in total. The SMILES string of the molecule is CCC1CCN(c2ccc(C)c(C)c2)CC(C)CN1. The van der Waals surface area contributed by atoms with Gasteiger partial charge < -0.3 is 10.2 Å². The summed E-state index contributed by atoms with van der Waals surface area (Å²) in [5, 5.41) is 3.69. The standard InChI is InChI=1S/C17H28N2/c1-5-16-8-9-19(12-13(2)11-18-16)17-7-6-14(3)15(4)10-17/h6-7,10,13,16,18H,5,8-9,11-12H2,1-4H3. The summed E-state index contributed by atoms with van der Waals surface area (Å²) < 4.78 is 0. The van der Waals surface area contributed by atoms with Gasteiger partial charge in [-0.3, -0.25) is 0 Å². The number of rotatable bonds is 2. The minimum atomic E-state index is 0.678. The van der Waals surface area contributed by atoms with E-state index >= 15 is 0 Å². The van der Waals surface area contributed by atoms with E-state index in [0.717, 1.165) is 13.1 Å². The van der Waals surface area contributed by atoms with E-state index in [9.17, 15) is 0 Å². The predicted molar refractivity (Wildman–Crippen MR) is 84.0 cm³/mol. The smallest absolute Gasteiger partial charge is 0.0369 e. The van der Waals surface area contributed by atoms with Gasteiger partial charge in [-0.1, -0.05) is 19.9 Å². The van der Waals surface area contributed by atoms with E-state index in [2.05, 4.69) is 56.1 Å². The molecule has 2 rings (SSSR count). The van der Waals surface area contributed by atoms with Gasteiger partial charge in [0.05, 0.1) is 0 Å². The van der Waals surface area contributed by atoms with E-state index in [1.54, 1.807) is 0 Å². The lowest BCUT2D eigenvalue weighted by atomic mass is 10.0. The lowest BCUT2D eigenvalue weighted by Gasteiger charge is -2.34. The van der Waals surface area contributed by atoms with Crippen molar-refractivity contribution >= 4 is 5.69 Å². The molecule has 0 amide bonds. The van der Waals surface area contributed by atoms with Gasteiger partial charge in [0.2, 0.25) is 0 Å². The summed E-state index contributed by atoms with van der Waals surface area (Å²) in [5.41, 5.74) is 4.18. The Bertz CT molecular complexity index is 414. The van der Waals surface area contributed by atoms with Crippen molar-refractivity contribution in [3.05, 3.63) is 29.3 Å². The van der Waals surface area contributed by atoms with Crippen molar-refractivity contribution < 1.29 is 0 Å². The molecule has 1 heterocycles. The maximum absolute atomic E-state index is 3.69. The summed E-state index contributed by atoms with van der Waals surface area (Å²) in [4.78, 5) is 2.57. The number of nitrogens with zero attached hydrogens (tertiary/aromatic N) is 1. The maximum Gasteiger partial charge on any atom is 0.0369 e. The molecule has 2 nitrogen and oxygen atoms in total. The average Bonchev–Trinajstić information content (AvgIpc) is 2.38. The first-order chi connectivity index (χ1) is 9.10. The molecule has 0 aromatic heterocycles. The van der Waals surface area contributed by atoms with Crippen LogP contribution in [-0.2, 0) is 0 Å². The van der Waals surface area contributed by atoms with Crippen molar-refractivity contribution in [1.29, 1.82) is 0 Å². The van der Waals surface area contributed by atoms with Gasteiger partial charge in [-0.25, -0.2) is 0 Å². The first-order valence-corrected chi connectivity index (χ1v) is 7.65. The zero-order chi connectivity index (χ0) is 13.8. The molecule has 19 heavy (non-hydrogen) atoms. The predicted octanol–water partition coefficient (Wildman–Crippen LogP) is 3.52. The van der Waals surface area contributed by atoms with Crippen LogP contribution in [0, 0.1) is 19.8 Å². The van der Waals surface area contributed by atoms with Crippen LogP contribution in [0.3, 0.4) is 0 Å². The Morgan fingerprint density at radius 2 is 2.05 bits per heavy atom. The lowest BCUT2D eigenvalue weighted by Crippen LogP contribution is -2.43. The summed E-state index contributed by atoms with van der Waals surface area (Å²) in [7, 11) is 0. The van der Waals surface area contributed by atoms with E-state index in [-0.39, 0.29) is 0 Å². The minimum Gasteiger partial charge on any atom is -0.371 e. The quantitative estimate of drug-likeness (QED) is 0.875. The number of aryl methyl sites for hydroxylation is 2. The highest BCUT2D eigenvalue weighted by Gasteiger charge is 2.18. The Labute approximate surface area is 118 Å². The number of nitrogens with one attached hydrogen (secondary N) is 1. The van der Waals surface area contributed by atoms with Crippen molar-refractivity contribution in [2.45, 2.75) is 46.6 Å². The molecule has 0 aliphatic carbocycles. The zero-order valence-electron chi connectivity index (χ0n) is 12.9. The monoisotopic (exact) mass is 260 g/mol. The van der Waals surface area contributed by atoms with Crippen LogP contribution in [0.15, 0.2) is 18.2 Å². The maximum atomic E-state index is 3.69. The summed E-state index contributed by atoms with van der Waals surface area (Å²) in [5.74, 6) is 0.705. The molecule has 0 radical (unpaired) electrons. The van der Waals surface area contributed by atoms with Crippen molar-refractivity contribution in [2.75, 3.05) is 24.5 Å². The number of anilines is 1.